The van der Waals surface area contributed by atoms with Crippen LogP contribution in [-0.2, 0) is 6.54 Å². The molecule has 6 nitrogen and oxygen atoms in total. The predicted octanol–water partition coefficient (Wildman–Crippen LogP) is 2.67. The van der Waals surface area contributed by atoms with Crippen molar-refractivity contribution in [1.29, 1.82) is 0 Å². The van der Waals surface area contributed by atoms with E-state index in [4.69, 9.17) is 0 Å². The number of pyridine rings is 1. The van der Waals surface area contributed by atoms with E-state index in [1.165, 1.54) is 25.7 Å². The van der Waals surface area contributed by atoms with Crippen molar-refractivity contribution < 1.29 is 9.90 Å². The Morgan fingerprint density at radius 3 is 2.60 bits per heavy atom. The first-order valence-corrected chi connectivity index (χ1v) is 9.32. The molecular weight excluding hydrogens is 316 g/mol. The summed E-state index contributed by atoms with van der Waals surface area (Å²) in [4.78, 5) is 18.8. The summed E-state index contributed by atoms with van der Waals surface area (Å²) >= 11 is 0. The highest BCUT2D eigenvalue weighted by atomic mass is 16.3. The van der Waals surface area contributed by atoms with Gasteiger partial charge in [0.1, 0.15) is 5.82 Å². The molecule has 25 heavy (non-hydrogen) atoms. The number of carbonyl (C=O) groups is 1. The van der Waals surface area contributed by atoms with E-state index in [9.17, 15) is 9.90 Å². The van der Waals surface area contributed by atoms with E-state index in [1.54, 1.807) is 13.1 Å². The Bertz CT molecular complexity index is 552. The minimum Gasteiger partial charge on any atom is -0.388 e. The molecule has 2 amide bonds. The molecule has 2 rings (SSSR count). The Labute approximate surface area is 151 Å². The predicted molar refractivity (Wildman–Crippen MR) is 101 cm³/mol. The highest BCUT2D eigenvalue weighted by Crippen LogP contribution is 2.18. The van der Waals surface area contributed by atoms with Crippen molar-refractivity contribution in [3.05, 3.63) is 23.9 Å². The lowest BCUT2D eigenvalue weighted by atomic mass is 9.93. The van der Waals surface area contributed by atoms with Crippen LogP contribution in [0, 0.1) is 5.92 Å². The summed E-state index contributed by atoms with van der Waals surface area (Å²) in [5.74, 6) is 1.06. The standard InChI is InChI=1S/C19H32N4O2/c1-15(2)19(3,25)14-22-18(24)21-13-16-8-9-20-17(12-16)23-10-6-4-5-7-11-23/h8-9,12,15,25H,4-7,10-11,13-14H2,1-3H3,(H2,21,22,24). The molecule has 1 aliphatic heterocycles. The van der Waals surface area contributed by atoms with Crippen LogP contribution in [0.1, 0.15) is 52.0 Å². The number of rotatable bonds is 6. The van der Waals surface area contributed by atoms with Crippen LogP contribution in [0.3, 0.4) is 0 Å². The Morgan fingerprint density at radius 1 is 1.28 bits per heavy atom. The number of anilines is 1. The third-order valence-corrected chi connectivity index (χ3v) is 5.04. The van der Waals surface area contributed by atoms with Gasteiger partial charge >= 0.3 is 6.03 Å². The molecule has 2 heterocycles. The van der Waals surface area contributed by atoms with Crippen molar-refractivity contribution in [2.24, 2.45) is 5.92 Å². The van der Waals surface area contributed by atoms with E-state index in [0.717, 1.165) is 24.5 Å². The molecule has 1 saturated heterocycles. The van der Waals surface area contributed by atoms with Gasteiger partial charge in [-0.05, 0) is 43.4 Å². The number of nitrogens with zero attached hydrogens (tertiary/aromatic N) is 2. The summed E-state index contributed by atoms with van der Waals surface area (Å²) in [5.41, 5.74) is 0.119. The van der Waals surface area contributed by atoms with Crippen LogP contribution in [0.2, 0.25) is 0 Å². The molecule has 1 aliphatic rings. The van der Waals surface area contributed by atoms with E-state index < -0.39 is 5.60 Å². The second-order valence-corrected chi connectivity index (χ2v) is 7.47. The van der Waals surface area contributed by atoms with Crippen molar-refractivity contribution in [2.75, 3.05) is 24.5 Å². The number of nitrogens with one attached hydrogen (secondary N) is 2. The molecule has 140 valence electrons. The maximum Gasteiger partial charge on any atom is 0.315 e. The number of amides is 2. The lowest BCUT2D eigenvalue weighted by molar-refractivity contribution is 0.0166. The Hall–Kier alpha value is -1.82. The van der Waals surface area contributed by atoms with E-state index >= 15 is 0 Å². The van der Waals surface area contributed by atoms with Gasteiger partial charge in [0.05, 0.1) is 5.60 Å². The Balaban J connectivity index is 1.84. The normalized spacial score (nSPS) is 17.7. The van der Waals surface area contributed by atoms with Crippen molar-refractivity contribution >= 4 is 11.8 Å². The molecule has 0 bridgehead atoms. The lowest BCUT2D eigenvalue weighted by Gasteiger charge is -2.27. The molecule has 6 heteroatoms. The average molecular weight is 348 g/mol. The van der Waals surface area contributed by atoms with Crippen molar-refractivity contribution in [3.8, 4) is 0 Å². The molecule has 0 aromatic carbocycles. The van der Waals surface area contributed by atoms with Crippen LogP contribution in [0.5, 0.6) is 0 Å². The summed E-state index contributed by atoms with van der Waals surface area (Å²) in [7, 11) is 0. The first-order valence-electron chi connectivity index (χ1n) is 9.32. The zero-order valence-corrected chi connectivity index (χ0v) is 15.7. The zero-order chi connectivity index (χ0) is 18.3. The SMILES string of the molecule is CC(C)C(C)(O)CNC(=O)NCc1ccnc(N2CCCCCC2)c1. The second kappa shape index (κ2) is 9.04. The van der Waals surface area contributed by atoms with Gasteiger partial charge in [0.2, 0.25) is 0 Å². The van der Waals surface area contributed by atoms with Gasteiger partial charge < -0.3 is 20.6 Å². The second-order valence-electron chi connectivity index (χ2n) is 7.47. The Morgan fingerprint density at radius 2 is 1.96 bits per heavy atom. The Kier molecular flexibility index (Phi) is 7.05. The van der Waals surface area contributed by atoms with Crippen molar-refractivity contribution in [3.63, 3.8) is 0 Å². The molecule has 1 fully saturated rings. The number of hydrogen-bond acceptors (Lipinski definition) is 4. The van der Waals surface area contributed by atoms with Crippen LogP contribution >= 0.6 is 0 Å². The summed E-state index contributed by atoms with van der Waals surface area (Å²) < 4.78 is 0. The minimum atomic E-state index is -0.909. The van der Waals surface area contributed by atoms with Gasteiger partial charge in [0.15, 0.2) is 0 Å². The van der Waals surface area contributed by atoms with Gasteiger partial charge in [0.25, 0.3) is 0 Å². The minimum absolute atomic E-state index is 0.0733. The van der Waals surface area contributed by atoms with Crippen LogP contribution < -0.4 is 15.5 Å². The first-order chi connectivity index (χ1) is 11.9. The number of aliphatic hydroxyl groups is 1. The molecule has 0 aliphatic carbocycles. The maximum atomic E-state index is 12.0. The summed E-state index contributed by atoms with van der Waals surface area (Å²) in [6, 6.07) is 3.70. The van der Waals surface area contributed by atoms with E-state index in [-0.39, 0.29) is 18.5 Å². The molecule has 1 atom stereocenters. The molecule has 0 spiro atoms. The lowest BCUT2D eigenvalue weighted by Crippen LogP contribution is -2.47. The van der Waals surface area contributed by atoms with E-state index in [0.29, 0.717) is 6.54 Å². The maximum absolute atomic E-state index is 12.0. The molecular formula is C19H32N4O2. The fourth-order valence-electron chi connectivity index (χ4n) is 2.75. The highest BCUT2D eigenvalue weighted by molar-refractivity contribution is 5.73. The van der Waals surface area contributed by atoms with E-state index in [2.05, 4.69) is 26.6 Å². The largest absolute Gasteiger partial charge is 0.388 e. The third-order valence-electron chi connectivity index (χ3n) is 5.04. The fraction of sp³-hybridized carbons (Fsp3) is 0.684. The summed E-state index contributed by atoms with van der Waals surface area (Å²) in [6.45, 7) is 8.37. The van der Waals surface area contributed by atoms with E-state index in [1.807, 2.05) is 19.9 Å². The topological polar surface area (TPSA) is 77.5 Å². The number of urea groups is 1. The van der Waals surface area contributed by atoms with Crippen LogP contribution in [0.25, 0.3) is 0 Å². The quantitative estimate of drug-likeness (QED) is 0.739. The van der Waals surface area contributed by atoms with Gasteiger partial charge in [-0.15, -0.1) is 0 Å². The van der Waals surface area contributed by atoms with Gasteiger partial charge in [-0.2, -0.15) is 0 Å². The van der Waals surface area contributed by atoms with Gasteiger partial charge in [-0.3, -0.25) is 0 Å². The zero-order valence-electron chi connectivity index (χ0n) is 15.7. The molecule has 0 saturated carbocycles. The molecule has 0 radical (unpaired) electrons. The van der Waals surface area contributed by atoms with Gasteiger partial charge in [-0.1, -0.05) is 26.7 Å². The smallest absolute Gasteiger partial charge is 0.315 e. The number of hydrogen-bond donors (Lipinski definition) is 3. The summed E-state index contributed by atoms with van der Waals surface area (Å²) in [5, 5.41) is 15.8. The van der Waals surface area contributed by atoms with Gasteiger partial charge in [-0.25, -0.2) is 9.78 Å². The highest BCUT2D eigenvalue weighted by Gasteiger charge is 2.25. The van der Waals surface area contributed by atoms with Gasteiger partial charge in [0, 0.05) is 32.4 Å². The average Bonchev–Trinajstić information content (AvgIpc) is 2.88. The monoisotopic (exact) mass is 348 g/mol. The van der Waals surface area contributed by atoms with Crippen molar-refractivity contribution in [2.45, 2.75) is 58.6 Å². The van der Waals surface area contributed by atoms with Crippen LogP contribution in [0.4, 0.5) is 10.6 Å². The molecule has 3 N–H and O–H groups in total. The van der Waals surface area contributed by atoms with Crippen LogP contribution in [-0.4, -0.2) is 41.4 Å². The third kappa shape index (κ3) is 6.20. The molecule has 1 aromatic rings. The fourth-order valence-corrected chi connectivity index (χ4v) is 2.75. The number of aromatic nitrogens is 1. The van der Waals surface area contributed by atoms with Crippen LogP contribution in [0.15, 0.2) is 18.3 Å². The molecule has 1 aromatic heterocycles. The summed E-state index contributed by atoms with van der Waals surface area (Å²) in [6.07, 6.45) is 6.81. The number of carbonyl (C=O) groups excluding carboxylic acids is 1. The van der Waals surface area contributed by atoms with Crippen molar-refractivity contribution in [1.82, 2.24) is 15.6 Å². The first kappa shape index (κ1) is 19.5. The molecule has 1 unspecified atom stereocenters.